The highest BCUT2D eigenvalue weighted by molar-refractivity contribution is 6.14. The summed E-state index contributed by atoms with van der Waals surface area (Å²) in [5.74, 6) is -2.19. The molecule has 2 heterocycles. The number of rotatable bonds is 2. The van der Waals surface area contributed by atoms with E-state index in [1.807, 2.05) is 0 Å². The lowest BCUT2D eigenvalue weighted by Crippen LogP contribution is -2.24. The molecule has 1 aliphatic heterocycles. The molecule has 0 saturated heterocycles. The Hall–Kier alpha value is -2.11. The Morgan fingerprint density at radius 2 is 2.19 bits per heavy atom. The quantitative estimate of drug-likeness (QED) is 0.543. The molecule has 2 N–H and O–H groups in total. The summed E-state index contributed by atoms with van der Waals surface area (Å²) in [4.78, 5) is 36.6. The van der Waals surface area contributed by atoms with Gasteiger partial charge < -0.3 is 15.0 Å². The summed E-state index contributed by atoms with van der Waals surface area (Å²) in [6.07, 6.45) is 0. The summed E-state index contributed by atoms with van der Waals surface area (Å²) in [5, 5.41) is 2.50. The normalized spacial score (nSPS) is 17.8. The SMILES string of the molecule is CCOC(=O)[C@H]1C(=O)Nc2ccc(=O)[nH]c21. The summed E-state index contributed by atoms with van der Waals surface area (Å²) in [7, 11) is 0. The standard InChI is InChI=1S/C10H10N2O4/c1-2-16-10(15)7-8-5(11-9(7)14)3-4-6(13)12-8/h3-4,7H,2H2,1H3,(H,11,14)(H,12,13)/t7-/m1/s1. The van der Waals surface area contributed by atoms with Crippen LogP contribution >= 0.6 is 0 Å². The van der Waals surface area contributed by atoms with Gasteiger partial charge in [-0.25, -0.2) is 0 Å². The molecular weight excluding hydrogens is 212 g/mol. The Balaban J connectivity index is 2.42. The highest BCUT2D eigenvalue weighted by Crippen LogP contribution is 2.30. The summed E-state index contributed by atoms with van der Waals surface area (Å²) >= 11 is 0. The molecule has 84 valence electrons. The lowest BCUT2D eigenvalue weighted by atomic mass is 10.1. The van der Waals surface area contributed by atoms with Crippen LogP contribution in [0.5, 0.6) is 0 Å². The maximum Gasteiger partial charge on any atom is 0.324 e. The van der Waals surface area contributed by atoms with E-state index in [4.69, 9.17) is 4.74 Å². The van der Waals surface area contributed by atoms with Gasteiger partial charge in [0.05, 0.1) is 18.0 Å². The molecule has 0 aromatic carbocycles. The first-order chi connectivity index (χ1) is 7.63. The number of nitrogens with one attached hydrogen (secondary N) is 2. The smallest absolute Gasteiger partial charge is 0.324 e. The third-order valence-electron chi connectivity index (χ3n) is 2.28. The van der Waals surface area contributed by atoms with Crippen LogP contribution in [0.4, 0.5) is 5.69 Å². The molecule has 1 atom stereocenters. The fourth-order valence-corrected chi connectivity index (χ4v) is 1.61. The maximum atomic E-state index is 11.5. The molecule has 0 unspecified atom stereocenters. The van der Waals surface area contributed by atoms with E-state index in [0.717, 1.165) is 0 Å². The number of hydrogen-bond donors (Lipinski definition) is 2. The van der Waals surface area contributed by atoms with Gasteiger partial charge >= 0.3 is 5.97 Å². The molecule has 16 heavy (non-hydrogen) atoms. The van der Waals surface area contributed by atoms with Crippen molar-refractivity contribution in [1.29, 1.82) is 0 Å². The van der Waals surface area contributed by atoms with E-state index in [1.54, 1.807) is 6.92 Å². The minimum Gasteiger partial charge on any atom is -0.465 e. The van der Waals surface area contributed by atoms with Crippen LogP contribution in [0.25, 0.3) is 0 Å². The second-order valence-electron chi connectivity index (χ2n) is 3.32. The molecule has 0 radical (unpaired) electrons. The van der Waals surface area contributed by atoms with Gasteiger partial charge in [0, 0.05) is 6.07 Å². The maximum absolute atomic E-state index is 11.5. The Morgan fingerprint density at radius 3 is 2.88 bits per heavy atom. The van der Waals surface area contributed by atoms with Crippen molar-refractivity contribution >= 4 is 17.6 Å². The fourth-order valence-electron chi connectivity index (χ4n) is 1.61. The van der Waals surface area contributed by atoms with Gasteiger partial charge in [0.2, 0.25) is 11.5 Å². The average Bonchev–Trinajstić information content (AvgIpc) is 2.53. The zero-order chi connectivity index (χ0) is 11.7. The van der Waals surface area contributed by atoms with Crippen molar-refractivity contribution in [2.45, 2.75) is 12.8 Å². The summed E-state index contributed by atoms with van der Waals surface area (Å²) in [6, 6.07) is 2.75. The number of hydrogen-bond acceptors (Lipinski definition) is 4. The van der Waals surface area contributed by atoms with Gasteiger partial charge in [-0.2, -0.15) is 0 Å². The Morgan fingerprint density at radius 1 is 1.44 bits per heavy atom. The van der Waals surface area contributed by atoms with E-state index >= 15 is 0 Å². The van der Waals surface area contributed by atoms with E-state index < -0.39 is 17.8 Å². The monoisotopic (exact) mass is 222 g/mol. The predicted molar refractivity (Wildman–Crippen MR) is 55.1 cm³/mol. The molecule has 0 fully saturated rings. The lowest BCUT2D eigenvalue weighted by molar-refractivity contribution is -0.147. The highest BCUT2D eigenvalue weighted by Gasteiger charge is 2.38. The number of carbonyl (C=O) groups excluding carboxylic acids is 2. The minimum absolute atomic E-state index is 0.189. The molecule has 0 aliphatic carbocycles. The molecule has 2 rings (SSSR count). The van der Waals surface area contributed by atoms with Gasteiger partial charge in [0.15, 0.2) is 5.92 Å². The first kappa shape index (κ1) is 10.4. The molecule has 0 bridgehead atoms. The summed E-state index contributed by atoms with van der Waals surface area (Å²) in [5.41, 5.74) is 0.364. The highest BCUT2D eigenvalue weighted by atomic mass is 16.5. The van der Waals surface area contributed by atoms with Gasteiger partial charge in [0.1, 0.15) is 0 Å². The number of fused-ring (bicyclic) bond motifs is 1. The molecule has 6 heteroatoms. The Bertz CT molecular complexity index is 506. The number of carbonyl (C=O) groups is 2. The molecule has 0 saturated carbocycles. The number of amides is 1. The zero-order valence-corrected chi connectivity index (χ0v) is 8.57. The van der Waals surface area contributed by atoms with E-state index in [0.29, 0.717) is 5.69 Å². The number of pyridine rings is 1. The molecule has 1 aromatic rings. The number of anilines is 1. The Labute approximate surface area is 90.6 Å². The number of ether oxygens (including phenoxy) is 1. The summed E-state index contributed by atoms with van der Waals surface area (Å²) in [6.45, 7) is 1.84. The second kappa shape index (κ2) is 3.80. The van der Waals surface area contributed by atoms with Crippen molar-refractivity contribution in [2.75, 3.05) is 11.9 Å². The fraction of sp³-hybridized carbons (Fsp3) is 0.300. The molecule has 1 amide bonds. The van der Waals surface area contributed by atoms with Crippen molar-refractivity contribution in [3.63, 3.8) is 0 Å². The van der Waals surface area contributed by atoms with Crippen molar-refractivity contribution in [3.05, 3.63) is 28.2 Å². The predicted octanol–water partition coefficient (Wildman–Crippen LogP) is -0.0263. The Kier molecular flexibility index (Phi) is 2.47. The molecule has 6 nitrogen and oxygen atoms in total. The second-order valence-corrected chi connectivity index (χ2v) is 3.32. The third-order valence-corrected chi connectivity index (χ3v) is 2.28. The van der Waals surface area contributed by atoms with E-state index in [9.17, 15) is 14.4 Å². The minimum atomic E-state index is -1.07. The van der Waals surface area contributed by atoms with E-state index in [1.165, 1.54) is 12.1 Å². The summed E-state index contributed by atoms with van der Waals surface area (Å²) < 4.78 is 4.77. The third kappa shape index (κ3) is 1.58. The van der Waals surface area contributed by atoms with Crippen LogP contribution < -0.4 is 10.9 Å². The van der Waals surface area contributed by atoms with Gasteiger partial charge in [-0.05, 0) is 13.0 Å². The van der Waals surface area contributed by atoms with Crippen LogP contribution in [0.1, 0.15) is 18.5 Å². The van der Waals surface area contributed by atoms with Crippen LogP contribution in [0.3, 0.4) is 0 Å². The van der Waals surface area contributed by atoms with Crippen molar-refractivity contribution < 1.29 is 14.3 Å². The van der Waals surface area contributed by atoms with Crippen LogP contribution in [0.2, 0.25) is 0 Å². The first-order valence-electron chi connectivity index (χ1n) is 4.84. The largest absolute Gasteiger partial charge is 0.465 e. The van der Waals surface area contributed by atoms with E-state index in [-0.39, 0.29) is 17.9 Å². The van der Waals surface area contributed by atoms with Crippen molar-refractivity contribution in [2.24, 2.45) is 0 Å². The van der Waals surface area contributed by atoms with Crippen LogP contribution in [-0.4, -0.2) is 23.5 Å². The van der Waals surface area contributed by atoms with E-state index in [2.05, 4.69) is 10.3 Å². The van der Waals surface area contributed by atoms with Gasteiger partial charge in [-0.1, -0.05) is 0 Å². The number of H-pyrrole nitrogens is 1. The lowest BCUT2D eigenvalue weighted by Gasteiger charge is -2.06. The first-order valence-corrected chi connectivity index (χ1v) is 4.84. The number of aromatic amines is 1. The number of aromatic nitrogens is 1. The van der Waals surface area contributed by atoms with Gasteiger partial charge in [-0.3, -0.25) is 14.4 Å². The average molecular weight is 222 g/mol. The molecular formula is C10H10N2O4. The van der Waals surface area contributed by atoms with Crippen molar-refractivity contribution in [1.82, 2.24) is 4.98 Å². The molecule has 1 aliphatic rings. The zero-order valence-electron chi connectivity index (χ0n) is 8.57. The van der Waals surface area contributed by atoms with Crippen LogP contribution in [-0.2, 0) is 14.3 Å². The van der Waals surface area contributed by atoms with Crippen LogP contribution in [0, 0.1) is 0 Å². The molecule has 1 aromatic heterocycles. The van der Waals surface area contributed by atoms with Gasteiger partial charge in [-0.15, -0.1) is 0 Å². The van der Waals surface area contributed by atoms with Gasteiger partial charge in [0.25, 0.3) is 0 Å². The van der Waals surface area contributed by atoms with Crippen molar-refractivity contribution in [3.8, 4) is 0 Å². The van der Waals surface area contributed by atoms with Crippen LogP contribution in [0.15, 0.2) is 16.9 Å². The molecule has 0 spiro atoms. The topological polar surface area (TPSA) is 88.3 Å². The number of esters is 1.